The second kappa shape index (κ2) is 9.23. The molecular weight excluding hydrogens is 366 g/mol. The number of rotatable bonds is 10. The molecule has 2 N–H and O–H groups in total. The van der Waals surface area contributed by atoms with E-state index in [0.717, 1.165) is 5.92 Å². The summed E-state index contributed by atoms with van der Waals surface area (Å²) in [4.78, 5) is 24.7. The average Bonchev–Trinajstić information content (AvgIpc) is 3.36. The van der Waals surface area contributed by atoms with Crippen LogP contribution in [0.3, 0.4) is 0 Å². The Morgan fingerprint density at radius 3 is 2.31 bits per heavy atom. The Balaban J connectivity index is 1.87. The summed E-state index contributed by atoms with van der Waals surface area (Å²) in [6.07, 6.45) is 14.3. The Morgan fingerprint density at radius 1 is 1.17 bits per heavy atom. The normalized spacial score (nSPS) is 31.7. The molecule has 2 rings (SSSR count). The molecule has 160 valence electrons. The Morgan fingerprint density at radius 2 is 1.79 bits per heavy atom. The van der Waals surface area contributed by atoms with E-state index in [2.05, 4.69) is 39.1 Å². The van der Waals surface area contributed by atoms with E-state index < -0.39 is 29.1 Å². The quantitative estimate of drug-likeness (QED) is 0.252. The van der Waals surface area contributed by atoms with Crippen LogP contribution in [0, 0.1) is 17.8 Å². The highest BCUT2D eigenvalue weighted by Gasteiger charge is 2.80. The summed E-state index contributed by atoms with van der Waals surface area (Å²) in [5.41, 5.74) is -1.85. The van der Waals surface area contributed by atoms with E-state index in [-0.39, 0.29) is 5.92 Å². The zero-order valence-corrected chi connectivity index (χ0v) is 18.4. The van der Waals surface area contributed by atoms with Gasteiger partial charge in [-0.15, -0.1) is 0 Å². The van der Waals surface area contributed by atoms with E-state index in [1.807, 2.05) is 18.2 Å². The zero-order chi connectivity index (χ0) is 21.8. The van der Waals surface area contributed by atoms with Crippen molar-refractivity contribution < 1.29 is 19.4 Å². The highest BCUT2D eigenvalue weighted by atomic mass is 16.6. The summed E-state index contributed by atoms with van der Waals surface area (Å²) in [5, 5.41) is 13.0. The van der Waals surface area contributed by atoms with Crippen molar-refractivity contribution in [3.63, 3.8) is 0 Å². The number of carbonyl (C=O) groups excluding carboxylic acids is 2. The highest BCUT2D eigenvalue weighted by molar-refractivity contribution is 6.19. The maximum atomic E-state index is 12.5. The van der Waals surface area contributed by atoms with E-state index in [0.29, 0.717) is 5.92 Å². The fourth-order valence-corrected chi connectivity index (χ4v) is 3.79. The third-order valence-electron chi connectivity index (χ3n) is 5.87. The monoisotopic (exact) mass is 401 g/mol. The second-order valence-corrected chi connectivity index (χ2v) is 8.77. The molecule has 0 spiro atoms. The van der Waals surface area contributed by atoms with Gasteiger partial charge in [0.15, 0.2) is 17.6 Å². The van der Waals surface area contributed by atoms with Crippen LogP contribution in [0.4, 0.5) is 0 Å². The third-order valence-corrected chi connectivity index (χ3v) is 5.87. The van der Waals surface area contributed by atoms with Gasteiger partial charge in [0, 0.05) is 5.92 Å². The van der Waals surface area contributed by atoms with Crippen molar-refractivity contribution in [3.05, 3.63) is 48.1 Å². The molecule has 2 aliphatic rings. The fraction of sp³-hybridized carbons (Fsp3) is 0.583. The Labute approximate surface area is 174 Å². The van der Waals surface area contributed by atoms with Gasteiger partial charge in [0.25, 0.3) is 5.91 Å². The number of carbonyl (C=O) groups is 2. The number of ether oxygens (including phenoxy) is 1. The number of allylic oxidation sites excluding steroid dienone is 7. The van der Waals surface area contributed by atoms with E-state index >= 15 is 0 Å². The molecule has 0 aliphatic carbocycles. The summed E-state index contributed by atoms with van der Waals surface area (Å²) in [7, 11) is 0. The van der Waals surface area contributed by atoms with Crippen molar-refractivity contribution >= 4 is 11.7 Å². The summed E-state index contributed by atoms with van der Waals surface area (Å²) in [5.74, 6) is 0.00829. The van der Waals surface area contributed by atoms with Gasteiger partial charge in [-0.1, -0.05) is 83.1 Å². The minimum absolute atomic E-state index is 0.258. The van der Waals surface area contributed by atoms with Crippen molar-refractivity contribution in [1.82, 2.24) is 5.32 Å². The molecule has 0 bridgehead atoms. The fourth-order valence-electron chi connectivity index (χ4n) is 3.79. The first-order chi connectivity index (χ1) is 13.6. The van der Waals surface area contributed by atoms with Crippen LogP contribution in [-0.2, 0) is 14.3 Å². The number of epoxide rings is 1. The topological polar surface area (TPSA) is 78.9 Å². The molecule has 0 radical (unpaired) electrons. The van der Waals surface area contributed by atoms with E-state index in [1.165, 1.54) is 24.5 Å². The molecule has 0 aromatic rings. The SMILES string of the molecule is CC[C@@H](C)C[C@@H](C)/C=C(C)/C=C/C=C/C=C/C(=O)[C@]12O[C@H]1[C@@](O)(C(C)C)NC2=O. The molecule has 5 nitrogen and oxygen atoms in total. The minimum Gasteiger partial charge on any atom is -0.368 e. The Hall–Kier alpha value is -1.98. The van der Waals surface area contributed by atoms with Crippen LogP contribution < -0.4 is 5.32 Å². The van der Waals surface area contributed by atoms with E-state index in [9.17, 15) is 14.7 Å². The predicted molar refractivity (Wildman–Crippen MR) is 115 cm³/mol. The molecule has 2 fully saturated rings. The van der Waals surface area contributed by atoms with Crippen molar-refractivity contribution in [2.24, 2.45) is 17.8 Å². The van der Waals surface area contributed by atoms with Gasteiger partial charge >= 0.3 is 0 Å². The van der Waals surface area contributed by atoms with Crippen molar-refractivity contribution in [2.45, 2.75) is 71.8 Å². The lowest BCUT2D eigenvalue weighted by Gasteiger charge is -2.27. The molecule has 5 heteroatoms. The number of morpholine rings is 1. The molecule has 5 atom stereocenters. The first-order valence-corrected chi connectivity index (χ1v) is 10.5. The largest absolute Gasteiger partial charge is 0.368 e. The van der Waals surface area contributed by atoms with Gasteiger partial charge < -0.3 is 15.2 Å². The molecule has 0 aromatic heterocycles. The van der Waals surface area contributed by atoms with E-state index in [4.69, 9.17) is 4.74 Å². The molecule has 2 aliphatic heterocycles. The first-order valence-electron chi connectivity index (χ1n) is 10.5. The number of hydrogen-bond donors (Lipinski definition) is 2. The van der Waals surface area contributed by atoms with Crippen LogP contribution in [-0.4, -0.2) is 34.2 Å². The number of amides is 1. The van der Waals surface area contributed by atoms with Gasteiger partial charge in [0.05, 0.1) is 0 Å². The Bertz CT molecular complexity index is 748. The summed E-state index contributed by atoms with van der Waals surface area (Å²) < 4.78 is 5.37. The minimum atomic E-state index is -1.57. The average molecular weight is 402 g/mol. The van der Waals surface area contributed by atoms with Gasteiger partial charge in [0.2, 0.25) is 5.60 Å². The molecule has 1 amide bonds. The summed E-state index contributed by atoms with van der Waals surface area (Å²) in [6.45, 7) is 12.4. The van der Waals surface area contributed by atoms with Crippen molar-refractivity contribution in [1.29, 1.82) is 0 Å². The Kier molecular flexibility index (Phi) is 7.41. The number of aliphatic hydroxyl groups is 1. The van der Waals surface area contributed by atoms with Crippen molar-refractivity contribution in [3.8, 4) is 0 Å². The van der Waals surface area contributed by atoms with Gasteiger partial charge in [-0.25, -0.2) is 0 Å². The number of fused-ring (bicyclic) bond motifs is 1. The number of hydrogen-bond acceptors (Lipinski definition) is 4. The molecule has 2 heterocycles. The lowest BCUT2D eigenvalue weighted by atomic mass is 9.91. The molecule has 29 heavy (non-hydrogen) atoms. The lowest BCUT2D eigenvalue weighted by molar-refractivity contribution is -0.139. The maximum absolute atomic E-state index is 12.5. The lowest BCUT2D eigenvalue weighted by Crippen LogP contribution is -2.52. The maximum Gasteiger partial charge on any atom is 0.265 e. The molecular formula is C24H35NO4. The summed E-state index contributed by atoms with van der Waals surface area (Å²) >= 11 is 0. The molecule has 0 aromatic carbocycles. The van der Waals surface area contributed by atoms with Crippen LogP contribution in [0.5, 0.6) is 0 Å². The van der Waals surface area contributed by atoms with Crippen LogP contribution in [0.15, 0.2) is 48.1 Å². The number of ketones is 1. The number of nitrogens with one attached hydrogen (secondary N) is 1. The van der Waals surface area contributed by atoms with Crippen LogP contribution in [0.2, 0.25) is 0 Å². The third kappa shape index (κ3) is 4.96. The van der Waals surface area contributed by atoms with Crippen LogP contribution >= 0.6 is 0 Å². The second-order valence-electron chi connectivity index (χ2n) is 8.77. The van der Waals surface area contributed by atoms with Gasteiger partial charge in [-0.05, 0) is 31.3 Å². The standard InChI is InChI=1S/C24H35NO4/c1-7-17(4)14-19(6)15-18(5)12-10-8-9-11-13-20(26)23-21(29-23)24(28,16(2)3)25-22(23)27/h8-13,15-17,19,21,28H,7,14H2,1-6H3,(H,25,27)/b9-8+,12-10+,13-11+,18-15+/t17-,19-,21-,23+,24+/m1/s1. The van der Waals surface area contributed by atoms with Crippen LogP contribution in [0.1, 0.15) is 54.4 Å². The molecule has 0 unspecified atom stereocenters. The smallest absolute Gasteiger partial charge is 0.265 e. The predicted octanol–water partition coefficient (Wildman–Crippen LogP) is 3.85. The van der Waals surface area contributed by atoms with Crippen molar-refractivity contribution in [2.75, 3.05) is 0 Å². The first kappa shape index (κ1) is 23.3. The summed E-state index contributed by atoms with van der Waals surface area (Å²) in [6, 6.07) is 0. The van der Waals surface area contributed by atoms with E-state index in [1.54, 1.807) is 26.0 Å². The molecule has 2 saturated heterocycles. The van der Waals surface area contributed by atoms with Gasteiger partial charge in [-0.2, -0.15) is 0 Å². The van der Waals surface area contributed by atoms with Gasteiger partial charge in [-0.3, -0.25) is 9.59 Å². The molecule has 0 saturated carbocycles. The highest BCUT2D eigenvalue weighted by Crippen LogP contribution is 2.51. The van der Waals surface area contributed by atoms with Crippen LogP contribution in [0.25, 0.3) is 0 Å². The zero-order valence-electron chi connectivity index (χ0n) is 18.4. The van der Waals surface area contributed by atoms with Gasteiger partial charge in [0.1, 0.15) is 0 Å².